The molecule has 0 radical (unpaired) electrons. The van der Waals surface area contributed by atoms with Crippen molar-refractivity contribution >= 4 is 17.1 Å². The first-order valence-electron chi connectivity index (χ1n) is 5.37. The molecule has 15 heavy (non-hydrogen) atoms. The molecule has 0 N–H and O–H groups in total. The van der Waals surface area contributed by atoms with Crippen molar-refractivity contribution in [1.82, 2.24) is 9.97 Å². The molecule has 0 amide bonds. The summed E-state index contributed by atoms with van der Waals surface area (Å²) >= 11 is 0. The van der Waals surface area contributed by atoms with Gasteiger partial charge in [-0.2, -0.15) is 0 Å². The van der Waals surface area contributed by atoms with Crippen molar-refractivity contribution in [3.63, 3.8) is 0 Å². The van der Waals surface area contributed by atoms with Crippen LogP contribution in [-0.2, 0) is 0 Å². The number of hydrogen-bond acceptors (Lipinski definition) is 2. The molecule has 2 aromatic rings. The minimum Gasteiger partial charge on any atom is -0.249 e. The van der Waals surface area contributed by atoms with E-state index in [-0.39, 0.29) is 0 Å². The number of hydrogen-bond donors (Lipinski definition) is 0. The second kappa shape index (κ2) is 2.45. The largest absolute Gasteiger partial charge is 0.249 e. The summed E-state index contributed by atoms with van der Waals surface area (Å²) in [5, 5.41) is 0. The molecule has 2 atom stereocenters. The normalized spacial score (nSPS) is 26.1. The van der Waals surface area contributed by atoms with Gasteiger partial charge < -0.3 is 0 Å². The lowest BCUT2D eigenvalue weighted by molar-refractivity contribution is 0.930. The molecule has 0 spiro atoms. The summed E-state index contributed by atoms with van der Waals surface area (Å²) in [5.41, 5.74) is 4.31. The summed E-state index contributed by atoms with van der Waals surface area (Å²) in [5.74, 6) is 1.40. The Bertz CT molecular complexity index is 586. The highest BCUT2D eigenvalue weighted by Gasteiger charge is 2.41. The van der Waals surface area contributed by atoms with Gasteiger partial charge >= 0.3 is 0 Å². The van der Waals surface area contributed by atoms with Crippen molar-refractivity contribution in [2.75, 3.05) is 0 Å². The van der Waals surface area contributed by atoms with E-state index in [9.17, 15) is 0 Å². The summed E-state index contributed by atoms with van der Waals surface area (Å²) in [4.78, 5) is 9.37. The molecule has 0 saturated heterocycles. The van der Waals surface area contributed by atoms with Crippen LogP contribution in [0.4, 0.5) is 0 Å². The van der Waals surface area contributed by atoms with Crippen molar-refractivity contribution in [2.45, 2.75) is 12.3 Å². The van der Waals surface area contributed by atoms with Crippen LogP contribution in [0.25, 0.3) is 17.1 Å². The Morgan fingerprint density at radius 2 is 1.87 bits per heavy atom. The van der Waals surface area contributed by atoms with Crippen LogP contribution in [0.2, 0.25) is 0 Å². The van der Waals surface area contributed by atoms with Gasteiger partial charge in [-0.1, -0.05) is 18.2 Å². The summed E-state index contributed by atoms with van der Waals surface area (Å²) in [6.07, 6.45) is 5.66. The predicted molar refractivity (Wildman–Crippen MR) is 59.4 cm³/mol. The van der Waals surface area contributed by atoms with E-state index in [1.165, 1.54) is 12.1 Å². The third kappa shape index (κ3) is 0.990. The molecule has 1 fully saturated rings. The van der Waals surface area contributed by atoms with Gasteiger partial charge in [0.1, 0.15) is 0 Å². The summed E-state index contributed by atoms with van der Waals surface area (Å²) in [6, 6.07) is 8.09. The van der Waals surface area contributed by atoms with E-state index >= 15 is 0 Å². The first-order chi connectivity index (χ1) is 7.42. The fourth-order valence-corrected chi connectivity index (χ4v) is 2.38. The van der Waals surface area contributed by atoms with Gasteiger partial charge in [0.25, 0.3) is 0 Å². The van der Waals surface area contributed by atoms with Gasteiger partial charge in [0, 0.05) is 5.92 Å². The SMILES string of the molecule is C1=CC2CC2c2nc3ccccc3nc21. The van der Waals surface area contributed by atoms with Gasteiger partial charge in [-0.3, -0.25) is 0 Å². The maximum Gasteiger partial charge on any atom is 0.0894 e. The molecule has 0 aliphatic heterocycles. The quantitative estimate of drug-likeness (QED) is 0.644. The van der Waals surface area contributed by atoms with Crippen LogP contribution in [0.5, 0.6) is 0 Å². The fourth-order valence-electron chi connectivity index (χ4n) is 2.38. The van der Waals surface area contributed by atoms with E-state index in [4.69, 9.17) is 4.98 Å². The number of nitrogens with zero attached hydrogens (tertiary/aromatic N) is 2. The molecular weight excluding hydrogens is 184 g/mol. The number of rotatable bonds is 0. The third-order valence-corrected chi connectivity index (χ3v) is 3.32. The van der Waals surface area contributed by atoms with Crippen LogP contribution >= 0.6 is 0 Å². The van der Waals surface area contributed by atoms with Crippen molar-refractivity contribution in [1.29, 1.82) is 0 Å². The third-order valence-electron chi connectivity index (χ3n) is 3.32. The van der Waals surface area contributed by atoms with E-state index in [0.717, 1.165) is 22.6 Å². The maximum atomic E-state index is 4.72. The van der Waals surface area contributed by atoms with Crippen molar-refractivity contribution in [3.8, 4) is 0 Å². The Labute approximate surface area is 87.7 Å². The van der Waals surface area contributed by atoms with Crippen molar-refractivity contribution in [3.05, 3.63) is 41.7 Å². The molecule has 72 valence electrons. The van der Waals surface area contributed by atoms with Crippen LogP contribution in [0, 0.1) is 5.92 Å². The van der Waals surface area contributed by atoms with E-state index in [1.807, 2.05) is 24.3 Å². The molecule has 4 rings (SSSR count). The summed E-state index contributed by atoms with van der Waals surface area (Å²) < 4.78 is 0. The van der Waals surface area contributed by atoms with Crippen LogP contribution < -0.4 is 0 Å². The standard InChI is InChI=1S/C13H10N2/c1-2-4-11-10(3-1)14-12-6-5-8-7-9(8)13(12)15-11/h1-6,8-9H,7H2. The molecule has 0 bridgehead atoms. The van der Waals surface area contributed by atoms with E-state index in [2.05, 4.69) is 17.1 Å². The molecule has 1 saturated carbocycles. The second-order valence-corrected chi connectivity index (χ2v) is 4.35. The zero-order chi connectivity index (χ0) is 9.83. The maximum absolute atomic E-state index is 4.72. The van der Waals surface area contributed by atoms with Crippen molar-refractivity contribution in [2.24, 2.45) is 5.92 Å². The molecule has 2 heteroatoms. The van der Waals surface area contributed by atoms with Gasteiger partial charge in [-0.05, 0) is 30.5 Å². The van der Waals surface area contributed by atoms with Gasteiger partial charge in [0.2, 0.25) is 0 Å². The Hall–Kier alpha value is -1.70. The Morgan fingerprint density at radius 1 is 1.07 bits per heavy atom. The minimum absolute atomic E-state index is 0.655. The molecule has 2 unspecified atom stereocenters. The number of benzene rings is 1. The molecule has 2 aliphatic rings. The smallest absolute Gasteiger partial charge is 0.0894 e. The van der Waals surface area contributed by atoms with Gasteiger partial charge in [0.15, 0.2) is 0 Å². The molecule has 2 nitrogen and oxygen atoms in total. The van der Waals surface area contributed by atoms with E-state index in [0.29, 0.717) is 5.92 Å². The molecule has 1 aromatic heterocycles. The molecule has 1 heterocycles. The summed E-state index contributed by atoms with van der Waals surface area (Å²) in [7, 11) is 0. The number of para-hydroxylation sites is 2. The lowest BCUT2D eigenvalue weighted by Crippen LogP contribution is -2.00. The summed E-state index contributed by atoms with van der Waals surface area (Å²) in [6.45, 7) is 0. The first kappa shape index (κ1) is 7.57. The van der Waals surface area contributed by atoms with Gasteiger partial charge in [-0.25, -0.2) is 9.97 Å². The first-order valence-corrected chi connectivity index (χ1v) is 5.37. The fraction of sp³-hybridized carbons (Fsp3) is 0.231. The Morgan fingerprint density at radius 3 is 2.73 bits per heavy atom. The minimum atomic E-state index is 0.655. The average molecular weight is 194 g/mol. The lowest BCUT2D eigenvalue weighted by atomic mass is 10.1. The monoisotopic (exact) mass is 194 g/mol. The zero-order valence-electron chi connectivity index (χ0n) is 8.22. The highest BCUT2D eigenvalue weighted by Crippen LogP contribution is 2.51. The topological polar surface area (TPSA) is 25.8 Å². The zero-order valence-corrected chi connectivity index (χ0v) is 8.22. The van der Waals surface area contributed by atoms with Crippen LogP contribution in [0.1, 0.15) is 23.7 Å². The van der Waals surface area contributed by atoms with E-state index < -0.39 is 0 Å². The molecular formula is C13H10N2. The highest BCUT2D eigenvalue weighted by atomic mass is 14.8. The lowest BCUT2D eigenvalue weighted by Gasteiger charge is -2.08. The van der Waals surface area contributed by atoms with E-state index in [1.54, 1.807) is 0 Å². The number of aromatic nitrogens is 2. The van der Waals surface area contributed by atoms with Crippen LogP contribution in [-0.4, -0.2) is 9.97 Å². The van der Waals surface area contributed by atoms with Crippen molar-refractivity contribution < 1.29 is 0 Å². The predicted octanol–water partition coefficient (Wildman–Crippen LogP) is 2.76. The van der Waals surface area contributed by atoms with Crippen LogP contribution in [0.15, 0.2) is 30.3 Å². The van der Waals surface area contributed by atoms with Gasteiger partial charge in [0.05, 0.1) is 22.4 Å². The molecule has 2 aliphatic carbocycles. The van der Waals surface area contributed by atoms with Crippen LogP contribution in [0.3, 0.4) is 0 Å². The Balaban J connectivity index is 2.07. The Kier molecular flexibility index (Phi) is 1.24. The number of fused-ring (bicyclic) bond motifs is 4. The highest BCUT2D eigenvalue weighted by molar-refractivity contribution is 5.76. The number of allylic oxidation sites excluding steroid dienone is 1. The average Bonchev–Trinajstić information content (AvgIpc) is 3.06. The second-order valence-electron chi connectivity index (χ2n) is 4.35. The van der Waals surface area contributed by atoms with Gasteiger partial charge in [-0.15, -0.1) is 0 Å². The molecule has 1 aromatic carbocycles.